The van der Waals surface area contributed by atoms with Gasteiger partial charge in [0.15, 0.2) is 0 Å². The second kappa shape index (κ2) is 8.35. The molecule has 1 aliphatic carbocycles. The number of aliphatic carboxylic acids is 1. The fourth-order valence-electron chi connectivity index (χ4n) is 2.48. The van der Waals surface area contributed by atoms with E-state index < -0.39 is 23.3 Å². The molecule has 0 unspecified atom stereocenters. The van der Waals surface area contributed by atoms with Crippen LogP contribution in [0.5, 0.6) is 0 Å². The van der Waals surface area contributed by atoms with Gasteiger partial charge in [0, 0.05) is 6.92 Å². The average Bonchev–Trinajstić information content (AvgIpc) is 2.69. The van der Waals surface area contributed by atoms with Crippen molar-refractivity contribution in [2.24, 2.45) is 0 Å². The average molecular weight is 313 g/mol. The third kappa shape index (κ3) is 5.71. The minimum Gasteiger partial charge on any atom is -0.480 e. The summed E-state index contributed by atoms with van der Waals surface area (Å²) in [5, 5.41) is 16.6. The van der Waals surface area contributed by atoms with Crippen molar-refractivity contribution in [1.82, 2.24) is 16.0 Å². The van der Waals surface area contributed by atoms with Crippen LogP contribution in [0.2, 0.25) is 0 Å². The van der Waals surface area contributed by atoms with Crippen molar-refractivity contribution in [3.8, 4) is 0 Å². The number of amides is 3. The largest absolute Gasteiger partial charge is 0.480 e. The number of carboxylic acid groups (broad SMARTS) is 1. The molecule has 1 saturated carbocycles. The van der Waals surface area contributed by atoms with E-state index in [1.165, 1.54) is 6.92 Å². The molecule has 0 aromatic carbocycles. The van der Waals surface area contributed by atoms with Crippen LogP contribution in [0.3, 0.4) is 0 Å². The number of carbonyl (C=O) groups excluding carboxylic acids is 3. The predicted octanol–water partition coefficient (Wildman–Crippen LogP) is -0.467. The first kappa shape index (κ1) is 17.9. The molecule has 0 saturated heterocycles. The number of hydrogen-bond donors (Lipinski definition) is 4. The van der Waals surface area contributed by atoms with Crippen molar-refractivity contribution in [3.05, 3.63) is 0 Å². The molecule has 8 heteroatoms. The van der Waals surface area contributed by atoms with E-state index in [9.17, 15) is 24.3 Å². The Hall–Kier alpha value is -2.12. The summed E-state index contributed by atoms with van der Waals surface area (Å²) in [6.07, 6.45) is 4.21. The number of hydrogen-bond acceptors (Lipinski definition) is 4. The fourth-order valence-corrected chi connectivity index (χ4v) is 2.48. The maximum absolute atomic E-state index is 11.9. The maximum atomic E-state index is 11.9. The predicted molar refractivity (Wildman–Crippen MR) is 77.9 cm³/mol. The van der Waals surface area contributed by atoms with Crippen LogP contribution in [0.25, 0.3) is 0 Å². The lowest BCUT2D eigenvalue weighted by Crippen LogP contribution is -2.56. The summed E-state index contributed by atoms with van der Waals surface area (Å²) < 4.78 is 0. The minimum atomic E-state index is -1.24. The smallest absolute Gasteiger partial charge is 0.329 e. The van der Waals surface area contributed by atoms with Gasteiger partial charge in [-0.05, 0) is 12.8 Å². The number of rotatable bonds is 6. The van der Waals surface area contributed by atoms with Gasteiger partial charge in [0.05, 0.1) is 13.1 Å². The molecule has 0 bridgehead atoms. The lowest BCUT2D eigenvalue weighted by atomic mass is 9.90. The molecule has 8 nitrogen and oxygen atoms in total. The van der Waals surface area contributed by atoms with Crippen LogP contribution < -0.4 is 16.0 Å². The highest BCUT2D eigenvalue weighted by atomic mass is 16.4. The first-order chi connectivity index (χ1) is 10.4. The van der Waals surface area contributed by atoms with Crippen LogP contribution in [-0.2, 0) is 19.2 Å². The lowest BCUT2D eigenvalue weighted by molar-refractivity contribution is -0.148. The highest BCUT2D eigenvalue weighted by Gasteiger charge is 2.39. The summed E-state index contributed by atoms with van der Waals surface area (Å²) in [7, 11) is 0. The molecule has 0 atom stereocenters. The van der Waals surface area contributed by atoms with E-state index in [4.69, 9.17) is 0 Å². The standard InChI is InChI=1S/C14H23N3O5/c1-10(18)15-8-11(19)16-9-12(20)17-14(13(21)22)6-4-2-3-5-7-14/h2-9H2,1H3,(H,15,18)(H,16,19)(H,17,20)(H,21,22). The molecule has 0 radical (unpaired) electrons. The van der Waals surface area contributed by atoms with Crippen LogP contribution in [0.15, 0.2) is 0 Å². The van der Waals surface area contributed by atoms with E-state index in [2.05, 4.69) is 16.0 Å². The van der Waals surface area contributed by atoms with E-state index >= 15 is 0 Å². The zero-order valence-corrected chi connectivity index (χ0v) is 12.7. The molecule has 3 amide bonds. The molecule has 1 rings (SSSR count). The van der Waals surface area contributed by atoms with E-state index in [0.29, 0.717) is 12.8 Å². The Labute approximate surface area is 129 Å². The molecule has 0 aromatic heterocycles. The molecule has 0 aliphatic heterocycles. The molecular formula is C14H23N3O5. The van der Waals surface area contributed by atoms with Gasteiger partial charge in [-0.15, -0.1) is 0 Å². The zero-order valence-electron chi connectivity index (χ0n) is 12.7. The van der Waals surface area contributed by atoms with E-state index in [1.54, 1.807) is 0 Å². The Bertz CT molecular complexity index is 442. The highest BCUT2D eigenvalue weighted by Crippen LogP contribution is 2.27. The van der Waals surface area contributed by atoms with E-state index in [1.807, 2.05) is 0 Å². The maximum Gasteiger partial charge on any atom is 0.329 e. The van der Waals surface area contributed by atoms with Crippen LogP contribution in [0.4, 0.5) is 0 Å². The fraction of sp³-hybridized carbons (Fsp3) is 0.714. The quantitative estimate of drug-likeness (QED) is 0.494. The van der Waals surface area contributed by atoms with Gasteiger partial charge in [-0.25, -0.2) is 4.79 Å². The molecule has 1 fully saturated rings. The van der Waals surface area contributed by atoms with Gasteiger partial charge in [-0.3, -0.25) is 14.4 Å². The Morgan fingerprint density at radius 2 is 1.45 bits per heavy atom. The van der Waals surface area contributed by atoms with Crippen molar-refractivity contribution in [3.63, 3.8) is 0 Å². The van der Waals surface area contributed by atoms with Gasteiger partial charge < -0.3 is 21.1 Å². The molecule has 0 heterocycles. The first-order valence-electron chi connectivity index (χ1n) is 7.41. The topological polar surface area (TPSA) is 125 Å². The molecule has 22 heavy (non-hydrogen) atoms. The molecule has 1 aliphatic rings. The van der Waals surface area contributed by atoms with Gasteiger partial charge in [0.25, 0.3) is 0 Å². The van der Waals surface area contributed by atoms with Crippen molar-refractivity contribution in [2.45, 2.75) is 51.0 Å². The number of nitrogens with one attached hydrogen (secondary N) is 3. The second-order valence-corrected chi connectivity index (χ2v) is 5.54. The van der Waals surface area contributed by atoms with Crippen molar-refractivity contribution in [2.75, 3.05) is 13.1 Å². The number of carbonyl (C=O) groups is 4. The Morgan fingerprint density at radius 1 is 0.909 bits per heavy atom. The van der Waals surface area contributed by atoms with E-state index in [-0.39, 0.29) is 19.0 Å². The molecular weight excluding hydrogens is 290 g/mol. The normalized spacial score (nSPS) is 17.0. The Kier molecular flexibility index (Phi) is 6.81. The third-order valence-electron chi connectivity index (χ3n) is 3.69. The van der Waals surface area contributed by atoms with Crippen molar-refractivity contribution >= 4 is 23.7 Å². The van der Waals surface area contributed by atoms with Crippen molar-refractivity contribution < 1.29 is 24.3 Å². The third-order valence-corrected chi connectivity index (χ3v) is 3.69. The van der Waals surface area contributed by atoms with Crippen LogP contribution in [0.1, 0.15) is 45.4 Å². The van der Waals surface area contributed by atoms with E-state index in [0.717, 1.165) is 25.7 Å². The van der Waals surface area contributed by atoms with Gasteiger partial charge in [-0.2, -0.15) is 0 Å². The monoisotopic (exact) mass is 313 g/mol. The Morgan fingerprint density at radius 3 is 1.95 bits per heavy atom. The molecule has 0 spiro atoms. The van der Waals surface area contributed by atoms with Crippen molar-refractivity contribution in [1.29, 1.82) is 0 Å². The summed E-state index contributed by atoms with van der Waals surface area (Å²) in [6, 6.07) is 0. The van der Waals surface area contributed by atoms with Crippen LogP contribution in [0, 0.1) is 0 Å². The van der Waals surface area contributed by atoms with Gasteiger partial charge in [0.1, 0.15) is 5.54 Å². The van der Waals surface area contributed by atoms with Gasteiger partial charge in [-0.1, -0.05) is 25.7 Å². The zero-order chi connectivity index (χ0) is 16.6. The summed E-state index contributed by atoms with van der Waals surface area (Å²) >= 11 is 0. The van der Waals surface area contributed by atoms with Crippen LogP contribution in [-0.4, -0.2) is 47.4 Å². The Balaban J connectivity index is 2.48. The van der Waals surface area contributed by atoms with Gasteiger partial charge in [0.2, 0.25) is 17.7 Å². The lowest BCUT2D eigenvalue weighted by Gasteiger charge is -2.29. The van der Waals surface area contributed by atoms with Gasteiger partial charge >= 0.3 is 5.97 Å². The molecule has 124 valence electrons. The summed E-state index contributed by atoms with van der Waals surface area (Å²) in [4.78, 5) is 45.5. The number of carboxylic acids is 1. The minimum absolute atomic E-state index is 0.216. The molecule has 0 aromatic rings. The highest BCUT2D eigenvalue weighted by molar-refractivity contribution is 5.91. The summed E-state index contributed by atoms with van der Waals surface area (Å²) in [6.45, 7) is 0.753. The second-order valence-electron chi connectivity index (χ2n) is 5.54. The molecule has 4 N–H and O–H groups in total. The van der Waals surface area contributed by atoms with Crippen LogP contribution >= 0.6 is 0 Å². The summed E-state index contributed by atoms with van der Waals surface area (Å²) in [5.41, 5.74) is -1.24. The summed E-state index contributed by atoms with van der Waals surface area (Å²) in [5.74, 6) is -2.42. The SMILES string of the molecule is CC(=O)NCC(=O)NCC(=O)NC1(C(=O)O)CCCCCC1. The first-order valence-corrected chi connectivity index (χ1v) is 7.41.